The fraction of sp³-hybridized carbons (Fsp3) is 0.872. The molecule has 0 aromatic carbocycles. The molecule has 0 aliphatic heterocycles. The lowest BCUT2D eigenvalue weighted by molar-refractivity contribution is -0.161. The molecule has 6 N–H and O–H groups in total. The van der Waals surface area contributed by atoms with Gasteiger partial charge in [0.25, 0.3) is 0 Å². The fourth-order valence-electron chi connectivity index (χ4n) is 7.79. The van der Waals surface area contributed by atoms with Crippen LogP contribution in [0.3, 0.4) is 0 Å². The molecule has 1 unspecified atom stereocenters. The van der Waals surface area contributed by atoms with Gasteiger partial charge >= 0.3 is 19.8 Å². The van der Waals surface area contributed by atoms with Gasteiger partial charge in [-0.3, -0.25) is 18.6 Å². The van der Waals surface area contributed by atoms with Crippen LogP contribution in [0.4, 0.5) is 0 Å². The van der Waals surface area contributed by atoms with E-state index in [9.17, 15) is 34.4 Å². The van der Waals surface area contributed by atoms with Crippen LogP contribution in [0, 0.1) is 11.8 Å². The van der Waals surface area contributed by atoms with E-state index < -0.39 is 50.8 Å². The van der Waals surface area contributed by atoms with Gasteiger partial charge in [-0.1, -0.05) is 154 Å². The van der Waals surface area contributed by atoms with Gasteiger partial charge in [-0.2, -0.15) is 0 Å². The molecule has 12 nitrogen and oxygen atoms in total. The van der Waals surface area contributed by atoms with E-state index in [1.807, 2.05) is 6.08 Å². The van der Waals surface area contributed by atoms with E-state index in [2.05, 4.69) is 26.0 Å². The van der Waals surface area contributed by atoms with Crippen LogP contribution in [0.1, 0.15) is 200 Å². The number of nitrogens with two attached hydrogens (primary N) is 1. The molecular formula is C47H88NO11P. The third kappa shape index (κ3) is 31.2. The SMILES string of the molecule is CCCCCCCC/C=C\CCCCCCCCCCCC(=O)O[C@H](COC(=O)CCCCCC[C@@H]1[C@@H](/C=C/[C@@H](O)CCCCC)[C@H](O)C[C@@H]1O)COP(=O)(O)OCCN. The number of unbranched alkanes of at least 4 members (excludes halogenated alkanes) is 20. The first-order valence-corrected chi connectivity index (χ1v) is 25.6. The summed E-state index contributed by atoms with van der Waals surface area (Å²) in [6, 6.07) is 0. The maximum Gasteiger partial charge on any atom is 0.472 e. The van der Waals surface area contributed by atoms with Crippen molar-refractivity contribution < 1.29 is 52.9 Å². The quantitative estimate of drug-likeness (QED) is 0.0169. The van der Waals surface area contributed by atoms with E-state index in [1.54, 1.807) is 6.08 Å². The van der Waals surface area contributed by atoms with Crippen LogP contribution in [-0.2, 0) is 32.7 Å². The maximum absolute atomic E-state index is 12.7. The second-order valence-corrected chi connectivity index (χ2v) is 18.4. The number of ether oxygens (including phenoxy) is 2. The molecule has 60 heavy (non-hydrogen) atoms. The number of carbonyl (C=O) groups excluding carboxylic acids is 2. The van der Waals surface area contributed by atoms with Gasteiger partial charge in [-0.05, 0) is 57.3 Å². The molecule has 352 valence electrons. The Labute approximate surface area is 364 Å². The molecule has 1 fully saturated rings. The number of allylic oxidation sites excluding steroid dienone is 2. The predicted molar refractivity (Wildman–Crippen MR) is 240 cm³/mol. The summed E-state index contributed by atoms with van der Waals surface area (Å²) in [4.78, 5) is 35.2. The average molecular weight is 874 g/mol. The highest BCUT2D eigenvalue weighted by Crippen LogP contribution is 2.43. The Morgan fingerprint density at radius 2 is 1.23 bits per heavy atom. The summed E-state index contributed by atoms with van der Waals surface area (Å²) in [6.07, 6.45) is 34.1. The topological polar surface area (TPSA) is 195 Å². The highest BCUT2D eigenvalue weighted by Gasteiger charge is 2.39. The smallest absolute Gasteiger partial charge is 0.462 e. The minimum atomic E-state index is -4.43. The Kier molecular flexibility index (Phi) is 35.6. The molecule has 1 aliphatic carbocycles. The van der Waals surface area contributed by atoms with Crippen molar-refractivity contribution in [2.24, 2.45) is 17.6 Å². The lowest BCUT2D eigenvalue weighted by Gasteiger charge is -2.21. The lowest BCUT2D eigenvalue weighted by atomic mass is 9.88. The summed E-state index contributed by atoms with van der Waals surface area (Å²) in [6.45, 7) is 3.41. The fourth-order valence-corrected chi connectivity index (χ4v) is 8.55. The molecular weight excluding hydrogens is 785 g/mol. The number of rotatable bonds is 41. The number of aliphatic hydroxyl groups is 3. The second-order valence-electron chi connectivity index (χ2n) is 16.9. The van der Waals surface area contributed by atoms with Gasteiger partial charge in [-0.15, -0.1) is 0 Å². The second kappa shape index (κ2) is 37.9. The molecule has 0 heterocycles. The number of carbonyl (C=O) groups is 2. The number of phosphoric acid groups is 1. The molecule has 0 saturated heterocycles. The van der Waals surface area contributed by atoms with Crippen LogP contribution in [0.5, 0.6) is 0 Å². The number of phosphoric ester groups is 1. The largest absolute Gasteiger partial charge is 0.472 e. The first kappa shape index (κ1) is 56.4. The van der Waals surface area contributed by atoms with E-state index in [0.29, 0.717) is 25.7 Å². The highest BCUT2D eigenvalue weighted by molar-refractivity contribution is 7.47. The summed E-state index contributed by atoms with van der Waals surface area (Å²) in [5.41, 5.74) is 5.36. The Morgan fingerprint density at radius 3 is 1.83 bits per heavy atom. The van der Waals surface area contributed by atoms with Gasteiger partial charge in [-0.25, -0.2) is 4.57 Å². The molecule has 13 heteroatoms. The van der Waals surface area contributed by atoms with Crippen LogP contribution in [0.25, 0.3) is 0 Å². The van der Waals surface area contributed by atoms with Crippen molar-refractivity contribution in [3.63, 3.8) is 0 Å². The molecule has 7 atom stereocenters. The van der Waals surface area contributed by atoms with Crippen LogP contribution < -0.4 is 5.73 Å². The van der Waals surface area contributed by atoms with Gasteiger partial charge < -0.3 is 35.4 Å². The molecule has 0 spiro atoms. The molecule has 0 aromatic rings. The van der Waals surface area contributed by atoms with Crippen molar-refractivity contribution >= 4 is 19.8 Å². The lowest BCUT2D eigenvalue weighted by Crippen LogP contribution is -2.29. The van der Waals surface area contributed by atoms with E-state index in [1.165, 1.54) is 83.5 Å². The summed E-state index contributed by atoms with van der Waals surface area (Å²) in [5, 5.41) is 31.4. The third-order valence-electron chi connectivity index (χ3n) is 11.4. The van der Waals surface area contributed by atoms with Crippen molar-refractivity contribution in [3.8, 4) is 0 Å². The normalized spacial score (nSPS) is 20.2. The van der Waals surface area contributed by atoms with Crippen molar-refractivity contribution in [1.29, 1.82) is 0 Å². The van der Waals surface area contributed by atoms with E-state index in [-0.39, 0.29) is 44.4 Å². The number of aliphatic hydroxyl groups excluding tert-OH is 3. The van der Waals surface area contributed by atoms with Gasteiger partial charge in [0.05, 0.1) is 31.5 Å². The zero-order valence-corrected chi connectivity index (χ0v) is 38.7. The number of hydrogen-bond acceptors (Lipinski definition) is 11. The van der Waals surface area contributed by atoms with Crippen molar-refractivity contribution in [3.05, 3.63) is 24.3 Å². The van der Waals surface area contributed by atoms with Gasteiger partial charge in [0.2, 0.25) is 0 Å². The third-order valence-corrected chi connectivity index (χ3v) is 12.4. The van der Waals surface area contributed by atoms with Crippen LogP contribution in [0.2, 0.25) is 0 Å². The summed E-state index contributed by atoms with van der Waals surface area (Å²) >= 11 is 0. The van der Waals surface area contributed by atoms with Crippen LogP contribution in [-0.4, -0.2) is 82.9 Å². The van der Waals surface area contributed by atoms with Gasteiger partial charge in [0.15, 0.2) is 6.10 Å². The summed E-state index contributed by atoms with van der Waals surface area (Å²) in [5.74, 6) is -1.24. The highest BCUT2D eigenvalue weighted by atomic mass is 31.2. The van der Waals surface area contributed by atoms with Crippen LogP contribution in [0.15, 0.2) is 24.3 Å². The van der Waals surface area contributed by atoms with E-state index >= 15 is 0 Å². The molecule has 0 bridgehead atoms. The molecule has 1 saturated carbocycles. The first-order chi connectivity index (χ1) is 29.0. The first-order valence-electron chi connectivity index (χ1n) is 24.1. The van der Waals surface area contributed by atoms with E-state index in [4.69, 9.17) is 24.3 Å². The number of esters is 2. The minimum Gasteiger partial charge on any atom is -0.462 e. The predicted octanol–water partition coefficient (Wildman–Crippen LogP) is 10.3. The zero-order chi connectivity index (χ0) is 44.1. The molecule has 0 amide bonds. The van der Waals surface area contributed by atoms with Gasteiger partial charge in [0.1, 0.15) is 6.61 Å². The maximum atomic E-state index is 12.7. The zero-order valence-electron chi connectivity index (χ0n) is 37.8. The Bertz CT molecular complexity index is 1150. The van der Waals surface area contributed by atoms with Crippen molar-refractivity contribution in [1.82, 2.24) is 0 Å². The number of hydrogen-bond donors (Lipinski definition) is 5. The minimum absolute atomic E-state index is 0.0228. The van der Waals surface area contributed by atoms with Crippen molar-refractivity contribution in [2.75, 3.05) is 26.4 Å². The summed E-state index contributed by atoms with van der Waals surface area (Å²) < 4.78 is 32.9. The molecule has 0 aromatic heterocycles. The molecule has 0 radical (unpaired) electrons. The summed E-state index contributed by atoms with van der Waals surface area (Å²) in [7, 11) is -4.43. The average Bonchev–Trinajstić information content (AvgIpc) is 3.49. The Balaban J connectivity index is 2.31. The monoisotopic (exact) mass is 874 g/mol. The van der Waals surface area contributed by atoms with E-state index in [0.717, 1.165) is 64.2 Å². The molecule has 1 aliphatic rings. The Morgan fingerprint density at radius 1 is 0.700 bits per heavy atom. The standard InChI is InChI=1S/C47H88NO11P/c1-3-5-7-8-9-10-11-12-13-14-15-16-17-18-19-20-21-22-28-32-47(53)59-41(39-58-60(54,55)57-36-35-48)38-56-46(52)31-27-24-23-26-30-42-43(45(51)37-44(42)50)34-33-40(49)29-25-6-4-2/h12-13,33-34,40-45,49-51H,3-11,14-32,35-39,48H2,1-2H3,(H,54,55)/b13-12-,34-33+/t40-,41+,42+,43+,44-,45+/m0/s1. The van der Waals surface area contributed by atoms with Crippen molar-refractivity contribution in [2.45, 2.75) is 224 Å². The van der Waals surface area contributed by atoms with Crippen LogP contribution >= 0.6 is 7.82 Å². The van der Waals surface area contributed by atoms with Gasteiger partial charge in [0, 0.05) is 31.7 Å². The molecule has 1 rings (SSSR count). The Hall–Kier alpha value is -1.63.